The quantitative estimate of drug-likeness (QED) is 0.243. The lowest BCUT2D eigenvalue weighted by Gasteiger charge is -2.18. The second kappa shape index (κ2) is 12.9. The van der Waals surface area contributed by atoms with Gasteiger partial charge in [0.15, 0.2) is 0 Å². The number of carboxylic acids is 2. The van der Waals surface area contributed by atoms with E-state index >= 15 is 0 Å². The first-order valence-electron chi connectivity index (χ1n) is 10.2. The number of rotatable bonds is 16. The van der Waals surface area contributed by atoms with E-state index in [0.29, 0.717) is 0 Å². The zero-order chi connectivity index (χ0) is 20.1. The van der Waals surface area contributed by atoms with Crippen LogP contribution in [0.3, 0.4) is 0 Å². The molecule has 4 nitrogen and oxygen atoms in total. The molecule has 0 amide bonds. The topological polar surface area (TPSA) is 74.6 Å². The summed E-state index contributed by atoms with van der Waals surface area (Å²) in [7, 11) is 0. The van der Waals surface area contributed by atoms with E-state index in [4.69, 9.17) is 10.2 Å². The van der Waals surface area contributed by atoms with Gasteiger partial charge in [0.05, 0.1) is 10.8 Å². The zero-order valence-electron chi connectivity index (χ0n) is 17.4. The summed E-state index contributed by atoms with van der Waals surface area (Å²) in [4.78, 5) is 22.0. The van der Waals surface area contributed by atoms with Gasteiger partial charge >= 0.3 is 11.9 Å². The average molecular weight is 369 g/mol. The molecular weight excluding hydrogens is 328 g/mol. The maximum atomic E-state index is 11.0. The van der Waals surface area contributed by atoms with Gasteiger partial charge in [-0.05, 0) is 66.2 Å². The number of unbranched alkanes of at least 4 members (excludes halogenated alkanes) is 8. The van der Waals surface area contributed by atoms with Gasteiger partial charge < -0.3 is 10.2 Å². The molecule has 0 rings (SSSR count). The van der Waals surface area contributed by atoms with Crippen LogP contribution in [0.1, 0.15) is 105 Å². The number of carbonyl (C=O) groups is 2. The van der Waals surface area contributed by atoms with Crippen molar-refractivity contribution in [3.8, 4) is 0 Å². The summed E-state index contributed by atoms with van der Waals surface area (Å²) >= 11 is 0. The number of aliphatic carboxylic acids is 2. The van der Waals surface area contributed by atoms with Gasteiger partial charge in [-0.15, -0.1) is 0 Å². The van der Waals surface area contributed by atoms with E-state index in [-0.39, 0.29) is 0 Å². The number of carboxylic acid groups (broad SMARTS) is 2. The monoisotopic (exact) mass is 368 g/mol. The normalized spacial score (nSPS) is 12.6. The van der Waals surface area contributed by atoms with Crippen LogP contribution >= 0.6 is 0 Å². The molecule has 0 aromatic heterocycles. The molecule has 152 valence electrons. The molecule has 0 saturated carbocycles. The Hall–Kier alpha value is -1.32. The molecule has 0 atom stereocenters. The third kappa shape index (κ3) is 12.1. The number of hydrogen-bond donors (Lipinski definition) is 2. The molecule has 0 aromatic carbocycles. The predicted octanol–water partition coefficient (Wildman–Crippen LogP) is 6.45. The van der Waals surface area contributed by atoms with Crippen molar-refractivity contribution < 1.29 is 19.8 Å². The summed E-state index contributed by atoms with van der Waals surface area (Å²) in [5.74, 6) is -1.41. The lowest BCUT2D eigenvalue weighted by Crippen LogP contribution is -2.23. The summed E-state index contributed by atoms with van der Waals surface area (Å²) < 4.78 is 0. The number of allylic oxidation sites excluding steroid dienone is 2. The minimum atomic E-state index is -0.703. The third-order valence-corrected chi connectivity index (χ3v) is 5.17. The largest absolute Gasteiger partial charge is 0.481 e. The van der Waals surface area contributed by atoms with E-state index in [0.717, 1.165) is 51.4 Å². The van der Waals surface area contributed by atoms with Gasteiger partial charge in [-0.3, -0.25) is 9.59 Å². The van der Waals surface area contributed by atoms with Crippen LogP contribution in [0.5, 0.6) is 0 Å². The van der Waals surface area contributed by atoms with Crippen LogP contribution in [0.25, 0.3) is 0 Å². The SMILES string of the molecule is CC(C)(CCCCCC/C=C\CCCCCCC(C)(C)C(=O)O)C(=O)O. The smallest absolute Gasteiger partial charge is 0.309 e. The van der Waals surface area contributed by atoms with Crippen molar-refractivity contribution in [2.75, 3.05) is 0 Å². The van der Waals surface area contributed by atoms with Gasteiger partial charge in [0.25, 0.3) is 0 Å². The van der Waals surface area contributed by atoms with E-state index in [1.807, 2.05) is 0 Å². The van der Waals surface area contributed by atoms with Gasteiger partial charge in [0.2, 0.25) is 0 Å². The molecule has 0 spiro atoms. The molecule has 0 aromatic rings. The molecular formula is C22H40O4. The molecule has 4 heteroatoms. The highest BCUT2D eigenvalue weighted by molar-refractivity contribution is 5.73. The Balaban J connectivity index is 3.45. The van der Waals surface area contributed by atoms with Crippen molar-refractivity contribution >= 4 is 11.9 Å². The molecule has 0 aliphatic heterocycles. The number of hydrogen-bond acceptors (Lipinski definition) is 2. The predicted molar refractivity (Wildman–Crippen MR) is 107 cm³/mol. The first-order chi connectivity index (χ1) is 12.1. The maximum Gasteiger partial charge on any atom is 0.309 e. The lowest BCUT2D eigenvalue weighted by molar-refractivity contribution is -0.148. The minimum absolute atomic E-state index is 0.594. The van der Waals surface area contributed by atoms with Crippen LogP contribution in [0.15, 0.2) is 12.2 Å². The van der Waals surface area contributed by atoms with Crippen LogP contribution < -0.4 is 0 Å². The first kappa shape index (κ1) is 24.7. The second-order valence-electron chi connectivity index (χ2n) is 8.76. The fourth-order valence-electron chi connectivity index (χ4n) is 2.81. The van der Waals surface area contributed by atoms with E-state index in [1.54, 1.807) is 27.7 Å². The highest BCUT2D eigenvalue weighted by Gasteiger charge is 2.26. The molecule has 26 heavy (non-hydrogen) atoms. The van der Waals surface area contributed by atoms with Gasteiger partial charge in [-0.25, -0.2) is 0 Å². The van der Waals surface area contributed by atoms with Crippen LogP contribution in [0, 0.1) is 10.8 Å². The molecule has 2 N–H and O–H groups in total. The molecule has 0 bridgehead atoms. The summed E-state index contributed by atoms with van der Waals surface area (Å²) in [6.45, 7) is 7.19. The average Bonchev–Trinajstić information content (AvgIpc) is 2.54. The van der Waals surface area contributed by atoms with Crippen LogP contribution in [-0.2, 0) is 9.59 Å². The fraction of sp³-hybridized carbons (Fsp3) is 0.818. The molecule has 0 aliphatic rings. The van der Waals surface area contributed by atoms with E-state index in [9.17, 15) is 9.59 Å². The van der Waals surface area contributed by atoms with Crippen LogP contribution in [0.4, 0.5) is 0 Å². The summed E-state index contributed by atoms with van der Waals surface area (Å²) in [6.07, 6.45) is 17.1. The molecule has 0 radical (unpaired) electrons. The Morgan fingerprint density at radius 1 is 0.615 bits per heavy atom. The Morgan fingerprint density at radius 2 is 0.923 bits per heavy atom. The third-order valence-electron chi connectivity index (χ3n) is 5.17. The van der Waals surface area contributed by atoms with Crippen molar-refractivity contribution in [2.45, 2.75) is 105 Å². The standard InChI is InChI=1S/C22H40O4/c1-21(2,19(23)24)17-15-13-11-9-7-5-6-8-10-12-14-16-18-22(3,4)20(25)26/h5-6H,7-18H2,1-4H3,(H,23,24)(H,25,26)/b6-5-. The molecule has 0 heterocycles. The highest BCUT2D eigenvalue weighted by Crippen LogP contribution is 2.25. The lowest BCUT2D eigenvalue weighted by atomic mass is 9.87. The molecule has 0 unspecified atom stereocenters. The van der Waals surface area contributed by atoms with Crippen molar-refractivity contribution in [3.63, 3.8) is 0 Å². The van der Waals surface area contributed by atoms with Gasteiger partial charge in [0, 0.05) is 0 Å². The summed E-state index contributed by atoms with van der Waals surface area (Å²) in [5.41, 5.74) is -1.19. The molecule has 0 saturated heterocycles. The zero-order valence-corrected chi connectivity index (χ0v) is 17.4. The Labute approximate surface area is 160 Å². The Morgan fingerprint density at radius 3 is 1.23 bits per heavy atom. The fourth-order valence-corrected chi connectivity index (χ4v) is 2.81. The highest BCUT2D eigenvalue weighted by atomic mass is 16.4. The van der Waals surface area contributed by atoms with Crippen molar-refractivity contribution in [2.24, 2.45) is 10.8 Å². The Bertz CT molecular complexity index is 395. The maximum absolute atomic E-state index is 11.0. The summed E-state index contributed by atoms with van der Waals surface area (Å²) in [5, 5.41) is 18.1. The first-order valence-corrected chi connectivity index (χ1v) is 10.2. The van der Waals surface area contributed by atoms with E-state index in [2.05, 4.69) is 12.2 Å². The van der Waals surface area contributed by atoms with Gasteiger partial charge in [-0.1, -0.05) is 50.7 Å². The van der Waals surface area contributed by atoms with E-state index in [1.165, 1.54) is 25.7 Å². The van der Waals surface area contributed by atoms with Gasteiger partial charge in [-0.2, -0.15) is 0 Å². The second-order valence-corrected chi connectivity index (χ2v) is 8.76. The Kier molecular flexibility index (Phi) is 12.3. The van der Waals surface area contributed by atoms with Crippen molar-refractivity contribution in [1.29, 1.82) is 0 Å². The van der Waals surface area contributed by atoms with E-state index < -0.39 is 22.8 Å². The van der Waals surface area contributed by atoms with Crippen LogP contribution in [0.2, 0.25) is 0 Å². The van der Waals surface area contributed by atoms with Crippen molar-refractivity contribution in [1.82, 2.24) is 0 Å². The minimum Gasteiger partial charge on any atom is -0.481 e. The van der Waals surface area contributed by atoms with Crippen LogP contribution in [-0.4, -0.2) is 22.2 Å². The molecule has 0 aliphatic carbocycles. The molecule has 0 fully saturated rings. The summed E-state index contributed by atoms with van der Waals surface area (Å²) in [6, 6.07) is 0. The van der Waals surface area contributed by atoms with Crippen molar-refractivity contribution in [3.05, 3.63) is 12.2 Å². The van der Waals surface area contributed by atoms with Gasteiger partial charge in [0.1, 0.15) is 0 Å².